The summed E-state index contributed by atoms with van der Waals surface area (Å²) in [5.74, 6) is -0.892. The molecule has 2 aromatic rings. The Bertz CT molecular complexity index is 641. The molecule has 0 radical (unpaired) electrons. The van der Waals surface area contributed by atoms with Crippen LogP contribution in [0.5, 0.6) is 0 Å². The molecule has 0 saturated heterocycles. The highest BCUT2D eigenvalue weighted by Gasteiger charge is 2.16. The van der Waals surface area contributed by atoms with Gasteiger partial charge in [0.05, 0.1) is 17.7 Å². The Kier molecular flexibility index (Phi) is 3.20. The van der Waals surface area contributed by atoms with Crippen molar-refractivity contribution < 1.29 is 14.3 Å². The number of fused-ring (bicyclic) bond motifs is 1. The number of aliphatic hydroxyl groups excluding tert-OH is 1. The van der Waals surface area contributed by atoms with Gasteiger partial charge >= 0.3 is 5.76 Å². The highest BCUT2D eigenvalue weighted by atomic mass is 16.4. The van der Waals surface area contributed by atoms with Crippen LogP contribution in [0.4, 0.5) is 0 Å². The van der Waals surface area contributed by atoms with Crippen molar-refractivity contribution in [2.45, 2.75) is 13.0 Å². The Balaban J connectivity index is 2.48. The Morgan fingerprint density at radius 2 is 2.28 bits per heavy atom. The number of carbonyl (C=O) groups excluding carboxylic acids is 1. The molecule has 96 valence electrons. The van der Waals surface area contributed by atoms with Gasteiger partial charge in [-0.25, -0.2) is 4.79 Å². The summed E-state index contributed by atoms with van der Waals surface area (Å²) in [6.45, 7) is 1.53. The van der Waals surface area contributed by atoms with E-state index in [1.54, 1.807) is 32.2 Å². The van der Waals surface area contributed by atoms with Crippen LogP contribution in [0.25, 0.3) is 11.1 Å². The van der Waals surface area contributed by atoms with Crippen LogP contribution < -0.4 is 11.1 Å². The number of amides is 1. The zero-order valence-electron chi connectivity index (χ0n) is 10.1. The summed E-state index contributed by atoms with van der Waals surface area (Å²) >= 11 is 0. The number of carbonyl (C=O) groups is 1. The van der Waals surface area contributed by atoms with Gasteiger partial charge in [-0.15, -0.1) is 0 Å². The van der Waals surface area contributed by atoms with Gasteiger partial charge in [0.25, 0.3) is 5.91 Å². The molecule has 0 aliphatic heterocycles. The minimum atomic E-state index is -0.513. The standard InChI is InChI=1S/C12H14N2O4/c1-7(6-15)13-11(16)8-4-3-5-9-10(8)18-12(17)14(9)2/h3-5,7,15H,6H2,1-2H3,(H,13,16). The Labute approximate surface area is 103 Å². The summed E-state index contributed by atoms with van der Waals surface area (Å²) in [4.78, 5) is 23.4. The van der Waals surface area contributed by atoms with Gasteiger partial charge in [0.15, 0.2) is 5.58 Å². The first-order valence-corrected chi connectivity index (χ1v) is 5.55. The van der Waals surface area contributed by atoms with Crippen molar-refractivity contribution in [3.63, 3.8) is 0 Å². The number of para-hydroxylation sites is 1. The zero-order valence-corrected chi connectivity index (χ0v) is 10.1. The van der Waals surface area contributed by atoms with E-state index in [9.17, 15) is 9.59 Å². The van der Waals surface area contributed by atoms with E-state index in [2.05, 4.69) is 5.32 Å². The second-order valence-corrected chi connectivity index (χ2v) is 4.14. The fraction of sp³-hybridized carbons (Fsp3) is 0.333. The van der Waals surface area contributed by atoms with E-state index in [0.717, 1.165) is 0 Å². The Morgan fingerprint density at radius 3 is 2.94 bits per heavy atom. The van der Waals surface area contributed by atoms with E-state index >= 15 is 0 Å². The number of hydrogen-bond acceptors (Lipinski definition) is 4. The molecule has 1 heterocycles. The lowest BCUT2D eigenvalue weighted by Crippen LogP contribution is -2.35. The lowest BCUT2D eigenvalue weighted by atomic mass is 10.1. The van der Waals surface area contributed by atoms with Gasteiger partial charge in [-0.05, 0) is 19.1 Å². The van der Waals surface area contributed by atoms with Gasteiger partial charge in [-0.3, -0.25) is 9.36 Å². The van der Waals surface area contributed by atoms with Crippen LogP contribution in [0.15, 0.2) is 27.4 Å². The molecule has 1 unspecified atom stereocenters. The highest BCUT2D eigenvalue weighted by Crippen LogP contribution is 2.17. The SMILES string of the molecule is CC(CO)NC(=O)c1cccc2c1oc(=O)n2C. The van der Waals surface area contributed by atoms with Gasteiger partial charge in [0.2, 0.25) is 0 Å². The maximum Gasteiger partial charge on any atom is 0.419 e. The number of oxazole rings is 1. The Hall–Kier alpha value is -2.08. The molecule has 0 bridgehead atoms. The highest BCUT2D eigenvalue weighted by molar-refractivity contribution is 6.04. The molecule has 6 heteroatoms. The average molecular weight is 250 g/mol. The summed E-state index contributed by atoms with van der Waals surface area (Å²) in [6, 6.07) is 4.59. The molecule has 2 rings (SSSR count). The van der Waals surface area contributed by atoms with Gasteiger partial charge < -0.3 is 14.8 Å². The van der Waals surface area contributed by atoms with Crippen molar-refractivity contribution >= 4 is 17.0 Å². The second kappa shape index (κ2) is 4.66. The summed E-state index contributed by atoms with van der Waals surface area (Å²) in [5, 5.41) is 11.5. The summed E-state index contributed by atoms with van der Waals surface area (Å²) in [7, 11) is 1.58. The lowest BCUT2D eigenvalue weighted by molar-refractivity contribution is 0.0923. The zero-order chi connectivity index (χ0) is 13.3. The number of nitrogens with zero attached hydrogens (tertiary/aromatic N) is 1. The van der Waals surface area contributed by atoms with Crippen LogP contribution in [0.3, 0.4) is 0 Å². The maximum atomic E-state index is 12.0. The molecule has 1 aromatic heterocycles. The van der Waals surface area contributed by atoms with Crippen LogP contribution in [-0.4, -0.2) is 28.2 Å². The van der Waals surface area contributed by atoms with E-state index in [4.69, 9.17) is 9.52 Å². The van der Waals surface area contributed by atoms with Gasteiger partial charge in [-0.1, -0.05) is 6.07 Å². The summed E-state index contributed by atoms with van der Waals surface area (Å²) in [5.41, 5.74) is 1.10. The topological polar surface area (TPSA) is 84.5 Å². The molecular weight excluding hydrogens is 236 g/mol. The predicted molar refractivity (Wildman–Crippen MR) is 65.5 cm³/mol. The van der Waals surface area contributed by atoms with E-state index < -0.39 is 5.76 Å². The minimum Gasteiger partial charge on any atom is -0.407 e. The third-order valence-electron chi connectivity index (χ3n) is 2.71. The van der Waals surface area contributed by atoms with Crippen molar-refractivity contribution in [3.8, 4) is 0 Å². The molecule has 1 atom stereocenters. The first kappa shape index (κ1) is 12.4. The number of nitrogens with one attached hydrogen (secondary N) is 1. The predicted octanol–water partition coefficient (Wildman–Crippen LogP) is 0.242. The van der Waals surface area contributed by atoms with Crippen molar-refractivity contribution in [2.24, 2.45) is 7.05 Å². The monoisotopic (exact) mass is 250 g/mol. The normalized spacial score (nSPS) is 12.6. The van der Waals surface area contributed by atoms with E-state index in [0.29, 0.717) is 5.52 Å². The van der Waals surface area contributed by atoms with Crippen LogP contribution in [0.1, 0.15) is 17.3 Å². The molecule has 0 aliphatic carbocycles. The van der Waals surface area contributed by atoms with E-state index in [-0.39, 0.29) is 29.7 Å². The molecule has 1 amide bonds. The number of aryl methyl sites for hydroxylation is 1. The number of hydrogen-bond donors (Lipinski definition) is 2. The average Bonchev–Trinajstić information content (AvgIpc) is 2.65. The first-order valence-electron chi connectivity index (χ1n) is 5.55. The maximum absolute atomic E-state index is 12.0. The molecule has 0 fully saturated rings. The van der Waals surface area contributed by atoms with Crippen molar-refractivity contribution in [3.05, 3.63) is 34.3 Å². The van der Waals surface area contributed by atoms with E-state index in [1.165, 1.54) is 4.57 Å². The van der Waals surface area contributed by atoms with Crippen molar-refractivity contribution in [1.82, 2.24) is 9.88 Å². The van der Waals surface area contributed by atoms with Crippen molar-refractivity contribution in [2.75, 3.05) is 6.61 Å². The molecule has 6 nitrogen and oxygen atoms in total. The summed E-state index contributed by atoms with van der Waals surface area (Å²) < 4.78 is 6.39. The third kappa shape index (κ3) is 2.02. The van der Waals surface area contributed by atoms with Crippen molar-refractivity contribution in [1.29, 1.82) is 0 Å². The number of rotatable bonds is 3. The molecule has 0 spiro atoms. The Morgan fingerprint density at radius 1 is 1.56 bits per heavy atom. The largest absolute Gasteiger partial charge is 0.419 e. The van der Waals surface area contributed by atoms with Crippen LogP contribution in [-0.2, 0) is 7.05 Å². The molecule has 18 heavy (non-hydrogen) atoms. The third-order valence-corrected chi connectivity index (χ3v) is 2.71. The first-order chi connectivity index (χ1) is 8.54. The molecule has 2 N–H and O–H groups in total. The van der Waals surface area contributed by atoms with Gasteiger partial charge in [0, 0.05) is 13.1 Å². The summed E-state index contributed by atoms with van der Waals surface area (Å²) in [6.07, 6.45) is 0. The number of aromatic nitrogens is 1. The second-order valence-electron chi connectivity index (χ2n) is 4.14. The van der Waals surface area contributed by atoms with Crippen LogP contribution in [0, 0.1) is 0 Å². The van der Waals surface area contributed by atoms with Gasteiger partial charge in [0.1, 0.15) is 0 Å². The van der Waals surface area contributed by atoms with E-state index in [1.807, 2.05) is 0 Å². The fourth-order valence-electron chi connectivity index (χ4n) is 1.68. The molecule has 0 saturated carbocycles. The van der Waals surface area contributed by atoms with Crippen LogP contribution >= 0.6 is 0 Å². The molecule has 1 aromatic carbocycles. The fourth-order valence-corrected chi connectivity index (χ4v) is 1.68. The number of aliphatic hydroxyl groups is 1. The number of benzene rings is 1. The van der Waals surface area contributed by atoms with Crippen LogP contribution in [0.2, 0.25) is 0 Å². The lowest BCUT2D eigenvalue weighted by Gasteiger charge is -2.10. The quantitative estimate of drug-likeness (QED) is 0.817. The minimum absolute atomic E-state index is 0.152. The van der Waals surface area contributed by atoms with Gasteiger partial charge in [-0.2, -0.15) is 0 Å². The molecule has 0 aliphatic rings. The smallest absolute Gasteiger partial charge is 0.407 e. The molecular formula is C12H14N2O4.